The van der Waals surface area contributed by atoms with Crippen molar-refractivity contribution < 1.29 is 14.3 Å². The molecule has 1 amide bonds. The highest BCUT2D eigenvalue weighted by molar-refractivity contribution is 6.27. The fraction of sp³-hybridized carbons (Fsp3) is 0.800. The van der Waals surface area contributed by atoms with E-state index >= 15 is 0 Å². The van der Waals surface area contributed by atoms with Gasteiger partial charge < -0.3 is 10.1 Å². The normalized spacial score (nSPS) is 18.5. The van der Waals surface area contributed by atoms with E-state index in [1.807, 2.05) is 0 Å². The number of methoxy groups -OCH3 is 1. The molecule has 1 rings (SSSR count). The van der Waals surface area contributed by atoms with Gasteiger partial charge in [-0.25, -0.2) is 4.79 Å². The van der Waals surface area contributed by atoms with Gasteiger partial charge in [-0.3, -0.25) is 4.79 Å². The van der Waals surface area contributed by atoms with Crippen LogP contribution < -0.4 is 5.32 Å². The van der Waals surface area contributed by atoms with Gasteiger partial charge in [0, 0.05) is 6.42 Å². The molecule has 86 valence electrons. The lowest BCUT2D eigenvalue weighted by Crippen LogP contribution is -2.47. The molecule has 0 radical (unpaired) electrons. The van der Waals surface area contributed by atoms with Gasteiger partial charge >= 0.3 is 6.09 Å². The number of alkyl carbamates (subject to hydrolysis) is 1. The topological polar surface area (TPSA) is 55.4 Å². The number of ketones is 1. The summed E-state index contributed by atoms with van der Waals surface area (Å²) in [5.74, 6) is -0.0279. The second kappa shape index (κ2) is 5.35. The quantitative estimate of drug-likeness (QED) is 0.754. The maximum atomic E-state index is 11.3. The van der Waals surface area contributed by atoms with Crippen LogP contribution >= 0.6 is 11.6 Å². The van der Waals surface area contributed by atoms with Crippen LogP contribution in [0.25, 0.3) is 0 Å². The minimum Gasteiger partial charge on any atom is -0.453 e. The van der Waals surface area contributed by atoms with E-state index in [9.17, 15) is 9.59 Å². The van der Waals surface area contributed by atoms with Gasteiger partial charge in [0.1, 0.15) is 5.78 Å². The molecular formula is C10H16ClNO3. The molecule has 0 bridgehead atoms. The van der Waals surface area contributed by atoms with E-state index in [2.05, 4.69) is 10.1 Å². The van der Waals surface area contributed by atoms with Crippen molar-refractivity contribution in [3.05, 3.63) is 0 Å². The number of alkyl halides is 1. The molecule has 1 aliphatic carbocycles. The van der Waals surface area contributed by atoms with Crippen LogP contribution in [0.15, 0.2) is 0 Å². The van der Waals surface area contributed by atoms with E-state index < -0.39 is 11.6 Å². The summed E-state index contributed by atoms with van der Waals surface area (Å²) in [6.45, 7) is 0. The maximum absolute atomic E-state index is 11.3. The summed E-state index contributed by atoms with van der Waals surface area (Å²) in [4.78, 5) is 22.5. The Morgan fingerprint density at radius 1 is 1.40 bits per heavy atom. The summed E-state index contributed by atoms with van der Waals surface area (Å²) in [6.07, 6.45) is 3.54. The smallest absolute Gasteiger partial charge is 0.407 e. The van der Waals surface area contributed by atoms with Crippen LogP contribution in [0.3, 0.4) is 0 Å². The minimum absolute atomic E-state index is 0.00457. The van der Waals surface area contributed by atoms with E-state index in [1.54, 1.807) is 0 Å². The van der Waals surface area contributed by atoms with Crippen molar-refractivity contribution >= 4 is 23.5 Å². The number of amides is 1. The Labute approximate surface area is 94.3 Å². The van der Waals surface area contributed by atoms with Crippen molar-refractivity contribution in [1.82, 2.24) is 5.32 Å². The van der Waals surface area contributed by atoms with Crippen molar-refractivity contribution in [1.29, 1.82) is 0 Å². The number of halogens is 1. The summed E-state index contributed by atoms with van der Waals surface area (Å²) < 4.78 is 4.56. The molecule has 0 atom stereocenters. The third-order valence-electron chi connectivity index (χ3n) is 2.80. The van der Waals surface area contributed by atoms with Crippen LogP contribution in [-0.4, -0.2) is 30.4 Å². The summed E-state index contributed by atoms with van der Waals surface area (Å²) in [5, 5.41) is 2.77. The monoisotopic (exact) mass is 233 g/mol. The van der Waals surface area contributed by atoms with Gasteiger partial charge in [0.05, 0.1) is 18.5 Å². The zero-order chi connectivity index (χ0) is 11.3. The largest absolute Gasteiger partial charge is 0.453 e. The molecule has 0 spiro atoms. The molecule has 0 saturated heterocycles. The van der Waals surface area contributed by atoms with Crippen LogP contribution in [0.1, 0.15) is 32.1 Å². The van der Waals surface area contributed by atoms with Gasteiger partial charge in [0.25, 0.3) is 0 Å². The molecule has 0 aromatic rings. The number of hydrogen-bond donors (Lipinski definition) is 1. The Morgan fingerprint density at radius 3 is 2.47 bits per heavy atom. The first-order valence-corrected chi connectivity index (χ1v) is 5.59. The molecule has 1 saturated carbocycles. The molecule has 1 N–H and O–H groups in total. The first-order valence-electron chi connectivity index (χ1n) is 5.06. The molecule has 0 aromatic heterocycles. The highest BCUT2D eigenvalue weighted by Gasteiger charge is 2.37. The van der Waals surface area contributed by atoms with E-state index in [0.717, 1.165) is 25.7 Å². The highest BCUT2D eigenvalue weighted by Crippen LogP contribution is 2.33. The lowest BCUT2D eigenvalue weighted by atomic mass is 9.91. The Kier molecular flexibility index (Phi) is 4.39. The fourth-order valence-electron chi connectivity index (χ4n) is 2.09. The zero-order valence-electron chi connectivity index (χ0n) is 8.85. The number of carbonyl (C=O) groups is 2. The van der Waals surface area contributed by atoms with E-state index in [1.165, 1.54) is 7.11 Å². The number of hydrogen-bond acceptors (Lipinski definition) is 3. The zero-order valence-corrected chi connectivity index (χ0v) is 9.60. The lowest BCUT2D eigenvalue weighted by molar-refractivity contribution is -0.118. The van der Waals surface area contributed by atoms with Gasteiger partial charge in [0.2, 0.25) is 0 Å². The second-order valence-electron chi connectivity index (χ2n) is 3.95. The lowest BCUT2D eigenvalue weighted by Gasteiger charge is -2.28. The summed E-state index contributed by atoms with van der Waals surface area (Å²) in [6, 6.07) is 0. The van der Waals surface area contributed by atoms with Gasteiger partial charge in [-0.15, -0.1) is 11.6 Å². The molecule has 0 aliphatic heterocycles. The Balaban J connectivity index is 2.61. The first kappa shape index (κ1) is 12.3. The van der Waals surface area contributed by atoms with Crippen molar-refractivity contribution in [2.75, 3.05) is 13.0 Å². The molecule has 1 aliphatic rings. The fourth-order valence-corrected chi connectivity index (χ4v) is 2.18. The summed E-state index contributed by atoms with van der Waals surface area (Å²) in [7, 11) is 1.32. The number of rotatable bonds is 4. The third-order valence-corrected chi connectivity index (χ3v) is 3.10. The highest BCUT2D eigenvalue weighted by atomic mass is 35.5. The SMILES string of the molecule is COC(=O)NC1(CC(=O)CCl)CCCC1. The molecule has 5 heteroatoms. The standard InChI is InChI=1S/C10H16ClNO3/c1-15-9(14)12-10(4-2-3-5-10)6-8(13)7-11/h2-7H2,1H3,(H,12,14). The van der Waals surface area contributed by atoms with E-state index in [4.69, 9.17) is 11.6 Å². The minimum atomic E-state index is -0.473. The predicted molar refractivity (Wildman–Crippen MR) is 57.1 cm³/mol. The number of ether oxygens (including phenoxy) is 1. The number of nitrogens with one attached hydrogen (secondary N) is 1. The van der Waals surface area contributed by atoms with Gasteiger partial charge in [-0.1, -0.05) is 12.8 Å². The number of Topliss-reactive ketones (excluding diaryl/α,β-unsaturated/α-hetero) is 1. The molecule has 0 aromatic carbocycles. The molecule has 0 heterocycles. The van der Waals surface area contributed by atoms with Gasteiger partial charge in [-0.05, 0) is 12.8 Å². The molecule has 0 unspecified atom stereocenters. The van der Waals surface area contributed by atoms with Gasteiger partial charge in [0.15, 0.2) is 0 Å². The maximum Gasteiger partial charge on any atom is 0.407 e. The second-order valence-corrected chi connectivity index (χ2v) is 4.22. The molecule has 15 heavy (non-hydrogen) atoms. The average Bonchev–Trinajstić information content (AvgIpc) is 2.66. The van der Waals surface area contributed by atoms with E-state index in [-0.39, 0.29) is 11.7 Å². The van der Waals surface area contributed by atoms with Crippen molar-refractivity contribution in [3.63, 3.8) is 0 Å². The average molecular weight is 234 g/mol. The summed E-state index contributed by atoms with van der Waals surface area (Å²) in [5.41, 5.74) is -0.418. The number of carbonyl (C=O) groups excluding carboxylic acids is 2. The van der Waals surface area contributed by atoms with Crippen LogP contribution in [0.2, 0.25) is 0 Å². The summed E-state index contributed by atoms with van der Waals surface area (Å²) >= 11 is 5.47. The molecule has 1 fully saturated rings. The third kappa shape index (κ3) is 3.38. The van der Waals surface area contributed by atoms with Crippen LogP contribution in [0.5, 0.6) is 0 Å². The van der Waals surface area contributed by atoms with Crippen LogP contribution in [0, 0.1) is 0 Å². The van der Waals surface area contributed by atoms with Crippen LogP contribution in [-0.2, 0) is 9.53 Å². The molecule has 4 nitrogen and oxygen atoms in total. The Morgan fingerprint density at radius 2 is 2.00 bits per heavy atom. The Hall–Kier alpha value is -0.770. The van der Waals surface area contributed by atoms with E-state index in [0.29, 0.717) is 6.42 Å². The first-order chi connectivity index (χ1) is 7.12. The molecular weight excluding hydrogens is 218 g/mol. The van der Waals surface area contributed by atoms with Crippen molar-refractivity contribution in [2.45, 2.75) is 37.6 Å². The van der Waals surface area contributed by atoms with Gasteiger partial charge in [-0.2, -0.15) is 0 Å². The van der Waals surface area contributed by atoms with Crippen molar-refractivity contribution in [2.24, 2.45) is 0 Å². The van der Waals surface area contributed by atoms with Crippen molar-refractivity contribution in [3.8, 4) is 0 Å². The van der Waals surface area contributed by atoms with Crippen LogP contribution in [0.4, 0.5) is 4.79 Å². The predicted octanol–water partition coefficient (Wildman–Crippen LogP) is 1.85. The Bertz CT molecular complexity index is 229.